The van der Waals surface area contributed by atoms with Crippen LogP contribution in [0.15, 0.2) is 36.4 Å². The summed E-state index contributed by atoms with van der Waals surface area (Å²) in [5.41, 5.74) is 5.25. The maximum absolute atomic E-state index is 6.45. The summed E-state index contributed by atoms with van der Waals surface area (Å²) in [5.74, 6) is 1.43. The lowest BCUT2D eigenvalue weighted by atomic mass is 9.72. The van der Waals surface area contributed by atoms with Crippen molar-refractivity contribution < 1.29 is 4.74 Å². The standard InChI is InChI=1S/C26H33Cl2NO/c1-15(2)24-23(14-20-6-5-11-30-20)29-26(22-13-19(28)8-7-16(22)3)25(24)21-10-9-18(27)12-17(21)4/h7-10,12-13,15,20,23-26,29H,5-6,11,14H2,1-4H3. The smallest absolute Gasteiger partial charge is 0.0590 e. The Labute approximate surface area is 191 Å². The third-order valence-electron chi connectivity index (χ3n) is 7.11. The summed E-state index contributed by atoms with van der Waals surface area (Å²) in [4.78, 5) is 0. The van der Waals surface area contributed by atoms with Crippen LogP contribution in [0.4, 0.5) is 0 Å². The van der Waals surface area contributed by atoms with Gasteiger partial charge in [0.2, 0.25) is 0 Å². The lowest BCUT2D eigenvalue weighted by Crippen LogP contribution is -2.34. The number of rotatable bonds is 5. The van der Waals surface area contributed by atoms with E-state index in [0.717, 1.165) is 23.1 Å². The minimum Gasteiger partial charge on any atom is -0.378 e. The summed E-state index contributed by atoms with van der Waals surface area (Å²) < 4.78 is 6.03. The zero-order valence-corrected chi connectivity index (χ0v) is 19.9. The van der Waals surface area contributed by atoms with Crippen molar-refractivity contribution in [3.63, 3.8) is 0 Å². The van der Waals surface area contributed by atoms with Gasteiger partial charge in [0.15, 0.2) is 0 Å². The van der Waals surface area contributed by atoms with Gasteiger partial charge in [-0.25, -0.2) is 0 Å². The van der Waals surface area contributed by atoms with Crippen LogP contribution >= 0.6 is 23.2 Å². The normalized spacial score (nSPS) is 29.1. The molecule has 0 spiro atoms. The molecule has 2 nitrogen and oxygen atoms in total. The van der Waals surface area contributed by atoms with E-state index in [-0.39, 0.29) is 6.04 Å². The first kappa shape index (κ1) is 22.1. The van der Waals surface area contributed by atoms with Crippen molar-refractivity contribution >= 4 is 23.2 Å². The van der Waals surface area contributed by atoms with Crippen LogP contribution in [0.25, 0.3) is 0 Å². The predicted octanol–water partition coefficient (Wildman–Crippen LogP) is 7.25. The van der Waals surface area contributed by atoms with E-state index < -0.39 is 0 Å². The predicted molar refractivity (Wildman–Crippen MR) is 127 cm³/mol. The van der Waals surface area contributed by atoms with E-state index in [1.807, 2.05) is 12.1 Å². The molecule has 0 radical (unpaired) electrons. The Kier molecular flexibility index (Phi) is 6.79. The summed E-state index contributed by atoms with van der Waals surface area (Å²) in [6.45, 7) is 10.0. The number of aryl methyl sites for hydroxylation is 2. The molecule has 4 rings (SSSR count). The van der Waals surface area contributed by atoms with Crippen LogP contribution in [0, 0.1) is 25.7 Å². The summed E-state index contributed by atoms with van der Waals surface area (Å²) in [7, 11) is 0. The second-order valence-corrected chi connectivity index (χ2v) is 10.3. The maximum atomic E-state index is 6.45. The molecule has 2 aromatic carbocycles. The van der Waals surface area contributed by atoms with E-state index in [1.54, 1.807) is 0 Å². The highest BCUT2D eigenvalue weighted by Gasteiger charge is 2.47. The molecule has 4 heteroatoms. The van der Waals surface area contributed by atoms with E-state index in [1.165, 1.54) is 35.1 Å². The molecule has 0 saturated carbocycles. The van der Waals surface area contributed by atoms with E-state index in [0.29, 0.717) is 29.9 Å². The number of nitrogens with one attached hydrogen (secondary N) is 1. The summed E-state index contributed by atoms with van der Waals surface area (Å²) in [5, 5.41) is 5.65. The molecule has 2 heterocycles. The third-order valence-corrected chi connectivity index (χ3v) is 7.58. The fourth-order valence-electron chi connectivity index (χ4n) is 5.77. The number of hydrogen-bond donors (Lipinski definition) is 1. The van der Waals surface area contributed by atoms with Crippen LogP contribution in [0.1, 0.15) is 67.3 Å². The molecule has 2 aliphatic rings. The Morgan fingerprint density at radius 2 is 1.73 bits per heavy atom. The zero-order chi connectivity index (χ0) is 21.4. The zero-order valence-electron chi connectivity index (χ0n) is 18.4. The number of ether oxygens (including phenoxy) is 1. The highest BCUT2D eigenvalue weighted by Crippen LogP contribution is 2.50. The van der Waals surface area contributed by atoms with Crippen molar-refractivity contribution in [3.05, 3.63) is 68.7 Å². The van der Waals surface area contributed by atoms with E-state index in [9.17, 15) is 0 Å². The molecule has 30 heavy (non-hydrogen) atoms. The van der Waals surface area contributed by atoms with Gasteiger partial charge in [0.25, 0.3) is 0 Å². The van der Waals surface area contributed by atoms with Crippen molar-refractivity contribution in [2.45, 2.75) is 71.1 Å². The quantitative estimate of drug-likeness (QED) is 0.522. The topological polar surface area (TPSA) is 21.3 Å². The molecule has 2 aliphatic heterocycles. The van der Waals surface area contributed by atoms with E-state index in [4.69, 9.17) is 27.9 Å². The van der Waals surface area contributed by atoms with Gasteiger partial charge in [0.05, 0.1) is 6.10 Å². The van der Waals surface area contributed by atoms with Gasteiger partial charge in [-0.1, -0.05) is 49.2 Å². The van der Waals surface area contributed by atoms with Crippen LogP contribution < -0.4 is 5.32 Å². The largest absolute Gasteiger partial charge is 0.378 e. The SMILES string of the molecule is Cc1ccc(Cl)cc1C1NC(CC2CCCO2)C(C(C)C)C1c1ccc(Cl)cc1C. The van der Waals surface area contributed by atoms with Crippen LogP contribution in [-0.2, 0) is 4.74 Å². The Hall–Kier alpha value is -1.06. The Morgan fingerprint density at radius 3 is 2.40 bits per heavy atom. The molecule has 5 unspecified atom stereocenters. The van der Waals surface area contributed by atoms with Gasteiger partial charge in [-0.2, -0.15) is 0 Å². The first-order valence-electron chi connectivity index (χ1n) is 11.2. The van der Waals surface area contributed by atoms with Gasteiger partial charge >= 0.3 is 0 Å². The number of benzene rings is 2. The van der Waals surface area contributed by atoms with Gasteiger partial charge in [-0.3, -0.25) is 0 Å². The first-order chi connectivity index (χ1) is 14.3. The van der Waals surface area contributed by atoms with Gasteiger partial charge in [0, 0.05) is 34.7 Å². The molecule has 0 amide bonds. The molecular weight excluding hydrogens is 413 g/mol. The monoisotopic (exact) mass is 445 g/mol. The molecule has 2 fully saturated rings. The minimum absolute atomic E-state index is 0.224. The Bertz CT molecular complexity index is 891. The van der Waals surface area contributed by atoms with Gasteiger partial charge < -0.3 is 10.1 Å². The van der Waals surface area contributed by atoms with Crippen molar-refractivity contribution in [1.29, 1.82) is 0 Å². The molecule has 2 saturated heterocycles. The molecule has 162 valence electrons. The van der Waals surface area contributed by atoms with Crippen LogP contribution in [0.3, 0.4) is 0 Å². The van der Waals surface area contributed by atoms with Gasteiger partial charge in [-0.15, -0.1) is 0 Å². The van der Waals surface area contributed by atoms with Gasteiger partial charge in [-0.05, 0) is 91.5 Å². The van der Waals surface area contributed by atoms with E-state index >= 15 is 0 Å². The lowest BCUT2D eigenvalue weighted by molar-refractivity contribution is 0.0879. The highest BCUT2D eigenvalue weighted by molar-refractivity contribution is 6.31. The van der Waals surface area contributed by atoms with Crippen LogP contribution in [0.5, 0.6) is 0 Å². The average Bonchev–Trinajstić information content (AvgIpc) is 3.32. The van der Waals surface area contributed by atoms with Crippen molar-refractivity contribution in [2.75, 3.05) is 6.61 Å². The number of hydrogen-bond acceptors (Lipinski definition) is 2. The highest BCUT2D eigenvalue weighted by atomic mass is 35.5. The fraction of sp³-hybridized carbons (Fsp3) is 0.538. The molecule has 0 bridgehead atoms. The fourth-order valence-corrected chi connectivity index (χ4v) is 6.17. The number of halogens is 2. The van der Waals surface area contributed by atoms with Gasteiger partial charge in [0.1, 0.15) is 0 Å². The first-order valence-corrected chi connectivity index (χ1v) is 12.0. The molecule has 0 aliphatic carbocycles. The van der Waals surface area contributed by atoms with Crippen LogP contribution in [-0.4, -0.2) is 18.8 Å². The molecular formula is C26H33Cl2NO. The molecule has 5 atom stereocenters. The maximum Gasteiger partial charge on any atom is 0.0590 e. The van der Waals surface area contributed by atoms with Crippen molar-refractivity contribution in [2.24, 2.45) is 11.8 Å². The third kappa shape index (κ3) is 4.43. The van der Waals surface area contributed by atoms with Crippen molar-refractivity contribution in [3.8, 4) is 0 Å². The summed E-state index contributed by atoms with van der Waals surface area (Å²) in [6, 6.07) is 13.3. The Morgan fingerprint density at radius 1 is 1.00 bits per heavy atom. The average molecular weight is 446 g/mol. The summed E-state index contributed by atoms with van der Waals surface area (Å²) in [6.07, 6.45) is 3.80. The summed E-state index contributed by atoms with van der Waals surface area (Å²) >= 11 is 12.8. The second-order valence-electron chi connectivity index (χ2n) is 9.47. The molecule has 2 aromatic rings. The van der Waals surface area contributed by atoms with E-state index in [2.05, 4.69) is 57.3 Å². The van der Waals surface area contributed by atoms with Crippen molar-refractivity contribution in [1.82, 2.24) is 5.32 Å². The lowest BCUT2D eigenvalue weighted by Gasteiger charge is -2.31. The van der Waals surface area contributed by atoms with Crippen LogP contribution in [0.2, 0.25) is 10.0 Å². The molecule has 1 N–H and O–H groups in total. The minimum atomic E-state index is 0.224. The second kappa shape index (κ2) is 9.20. The molecule has 0 aromatic heterocycles. The Balaban J connectivity index is 1.79.